The molecule has 2 heterocycles. The van der Waals surface area contributed by atoms with Gasteiger partial charge in [0.25, 0.3) is 0 Å². The van der Waals surface area contributed by atoms with Crippen LogP contribution in [-0.2, 0) is 6.42 Å². The van der Waals surface area contributed by atoms with Crippen LogP contribution in [0.15, 0.2) is 30.0 Å². The molecule has 0 fully saturated rings. The molecular formula is C11H14ClN3. The lowest BCUT2D eigenvalue weighted by atomic mass is 10.0. The maximum Gasteiger partial charge on any atom is 0.123 e. The highest BCUT2D eigenvalue weighted by Crippen LogP contribution is 2.14. The minimum absolute atomic E-state index is 0.105. The lowest BCUT2D eigenvalue weighted by Crippen LogP contribution is -2.30. The van der Waals surface area contributed by atoms with Crippen molar-refractivity contribution in [1.82, 2.24) is 10.3 Å². The molecule has 0 spiro atoms. The number of nitrogens with one attached hydrogen (secondary N) is 1. The molecule has 0 radical (unpaired) electrons. The van der Waals surface area contributed by atoms with E-state index < -0.39 is 0 Å². The highest BCUT2D eigenvalue weighted by atomic mass is 35.5. The SMILES string of the molecule is Nc1cc(CC2=CC(Cl)CNC2)ccn1. The number of nitrogen functional groups attached to an aromatic ring is 1. The molecule has 80 valence electrons. The Hall–Kier alpha value is -1.06. The summed E-state index contributed by atoms with van der Waals surface area (Å²) in [5, 5.41) is 3.38. The van der Waals surface area contributed by atoms with Gasteiger partial charge in [0.05, 0.1) is 5.38 Å². The summed E-state index contributed by atoms with van der Waals surface area (Å²) < 4.78 is 0. The van der Waals surface area contributed by atoms with Crippen molar-refractivity contribution in [3.8, 4) is 0 Å². The Kier molecular flexibility index (Phi) is 3.23. The molecule has 1 aliphatic rings. The van der Waals surface area contributed by atoms with Crippen molar-refractivity contribution in [2.75, 3.05) is 18.8 Å². The molecular weight excluding hydrogens is 210 g/mol. The van der Waals surface area contributed by atoms with Crippen LogP contribution in [0.2, 0.25) is 0 Å². The molecule has 0 aromatic carbocycles. The zero-order valence-electron chi connectivity index (χ0n) is 8.41. The van der Waals surface area contributed by atoms with E-state index in [2.05, 4.69) is 16.4 Å². The van der Waals surface area contributed by atoms with Crippen molar-refractivity contribution in [3.05, 3.63) is 35.5 Å². The fourth-order valence-electron chi connectivity index (χ4n) is 1.73. The number of hydrogen-bond donors (Lipinski definition) is 2. The first-order valence-corrected chi connectivity index (χ1v) is 5.42. The number of nitrogens with zero attached hydrogens (tertiary/aromatic N) is 1. The Labute approximate surface area is 94.3 Å². The molecule has 3 N–H and O–H groups in total. The maximum absolute atomic E-state index is 6.03. The van der Waals surface area contributed by atoms with Gasteiger partial charge in [0, 0.05) is 19.3 Å². The Morgan fingerprint density at radius 1 is 1.60 bits per heavy atom. The van der Waals surface area contributed by atoms with Gasteiger partial charge in [-0.1, -0.05) is 11.6 Å². The van der Waals surface area contributed by atoms with Crippen molar-refractivity contribution in [1.29, 1.82) is 0 Å². The number of anilines is 1. The van der Waals surface area contributed by atoms with Crippen LogP contribution in [-0.4, -0.2) is 23.5 Å². The standard InChI is InChI=1S/C11H14ClN3/c12-10-4-9(6-14-7-10)3-8-1-2-15-11(13)5-8/h1-2,4-5,10,14H,3,6-7H2,(H2,13,15). The van der Waals surface area contributed by atoms with Gasteiger partial charge in [-0.25, -0.2) is 4.98 Å². The van der Waals surface area contributed by atoms with Crippen LogP contribution in [0.3, 0.4) is 0 Å². The zero-order valence-corrected chi connectivity index (χ0v) is 9.17. The molecule has 15 heavy (non-hydrogen) atoms. The van der Waals surface area contributed by atoms with Crippen molar-refractivity contribution >= 4 is 17.4 Å². The summed E-state index contributed by atoms with van der Waals surface area (Å²) in [5.74, 6) is 0.569. The molecule has 1 aromatic heterocycles. The molecule has 1 atom stereocenters. The van der Waals surface area contributed by atoms with E-state index >= 15 is 0 Å². The van der Waals surface area contributed by atoms with Crippen LogP contribution in [0, 0.1) is 0 Å². The minimum atomic E-state index is 0.105. The van der Waals surface area contributed by atoms with Crippen LogP contribution in [0.25, 0.3) is 0 Å². The Morgan fingerprint density at radius 2 is 2.47 bits per heavy atom. The highest BCUT2D eigenvalue weighted by molar-refractivity contribution is 6.22. The van der Waals surface area contributed by atoms with E-state index in [0.29, 0.717) is 5.82 Å². The predicted octanol–water partition coefficient (Wildman–Crippen LogP) is 1.34. The third-order valence-corrected chi connectivity index (χ3v) is 2.66. The van der Waals surface area contributed by atoms with Crippen LogP contribution in [0.4, 0.5) is 5.82 Å². The lowest BCUT2D eigenvalue weighted by molar-refractivity contribution is 0.695. The van der Waals surface area contributed by atoms with E-state index in [0.717, 1.165) is 19.5 Å². The van der Waals surface area contributed by atoms with E-state index in [1.165, 1.54) is 11.1 Å². The normalized spacial score (nSPS) is 21.1. The molecule has 0 amide bonds. The summed E-state index contributed by atoms with van der Waals surface area (Å²) in [4.78, 5) is 3.96. The number of hydrogen-bond acceptors (Lipinski definition) is 3. The van der Waals surface area contributed by atoms with Crippen LogP contribution >= 0.6 is 11.6 Å². The second kappa shape index (κ2) is 4.64. The number of nitrogens with two attached hydrogens (primary N) is 1. The molecule has 1 aliphatic heterocycles. The van der Waals surface area contributed by atoms with Gasteiger partial charge in [-0.3, -0.25) is 0 Å². The molecule has 1 unspecified atom stereocenters. The number of rotatable bonds is 2. The van der Waals surface area contributed by atoms with Gasteiger partial charge in [-0.15, -0.1) is 11.6 Å². The van der Waals surface area contributed by atoms with Gasteiger partial charge < -0.3 is 11.1 Å². The topological polar surface area (TPSA) is 50.9 Å². The predicted molar refractivity (Wildman–Crippen MR) is 62.9 cm³/mol. The summed E-state index contributed by atoms with van der Waals surface area (Å²) in [7, 11) is 0. The molecule has 3 nitrogen and oxygen atoms in total. The summed E-state index contributed by atoms with van der Waals surface area (Å²) in [5.41, 5.74) is 8.11. The Balaban J connectivity index is 2.08. The van der Waals surface area contributed by atoms with Gasteiger partial charge in [-0.2, -0.15) is 0 Å². The third kappa shape index (κ3) is 2.94. The average molecular weight is 224 g/mol. The van der Waals surface area contributed by atoms with Crippen LogP contribution in [0.5, 0.6) is 0 Å². The summed E-state index contributed by atoms with van der Waals surface area (Å²) >= 11 is 6.03. The van der Waals surface area contributed by atoms with Crippen molar-refractivity contribution < 1.29 is 0 Å². The summed E-state index contributed by atoms with van der Waals surface area (Å²) in [6.45, 7) is 1.76. The lowest BCUT2D eigenvalue weighted by Gasteiger charge is -2.18. The van der Waals surface area contributed by atoms with Crippen molar-refractivity contribution in [3.63, 3.8) is 0 Å². The Morgan fingerprint density at radius 3 is 3.20 bits per heavy atom. The third-order valence-electron chi connectivity index (χ3n) is 2.38. The first-order chi connectivity index (χ1) is 7.24. The highest BCUT2D eigenvalue weighted by Gasteiger charge is 2.10. The van der Waals surface area contributed by atoms with Gasteiger partial charge in [0.2, 0.25) is 0 Å². The smallest absolute Gasteiger partial charge is 0.123 e. The van der Waals surface area contributed by atoms with E-state index in [4.69, 9.17) is 17.3 Å². The minimum Gasteiger partial charge on any atom is -0.384 e. The fourth-order valence-corrected chi connectivity index (χ4v) is 2.02. The monoisotopic (exact) mass is 223 g/mol. The second-order valence-electron chi connectivity index (χ2n) is 3.74. The number of halogens is 1. The van der Waals surface area contributed by atoms with Crippen LogP contribution in [0.1, 0.15) is 5.56 Å². The van der Waals surface area contributed by atoms with E-state index in [1.807, 2.05) is 12.1 Å². The zero-order chi connectivity index (χ0) is 10.7. The molecule has 4 heteroatoms. The van der Waals surface area contributed by atoms with E-state index in [-0.39, 0.29) is 5.38 Å². The first-order valence-electron chi connectivity index (χ1n) is 4.99. The van der Waals surface area contributed by atoms with Crippen LogP contribution < -0.4 is 11.1 Å². The molecule has 0 saturated carbocycles. The van der Waals surface area contributed by atoms with E-state index in [1.54, 1.807) is 6.20 Å². The molecule has 2 rings (SSSR count). The Bertz CT molecular complexity index is 376. The van der Waals surface area contributed by atoms with Gasteiger partial charge in [0.15, 0.2) is 0 Å². The number of pyridine rings is 1. The second-order valence-corrected chi connectivity index (χ2v) is 4.30. The van der Waals surface area contributed by atoms with Gasteiger partial charge >= 0.3 is 0 Å². The van der Waals surface area contributed by atoms with Gasteiger partial charge in [0.1, 0.15) is 5.82 Å². The summed E-state index contributed by atoms with van der Waals surface area (Å²) in [6.07, 6.45) is 4.75. The fraction of sp³-hybridized carbons (Fsp3) is 0.364. The molecule has 0 saturated heterocycles. The molecule has 0 bridgehead atoms. The van der Waals surface area contributed by atoms with Gasteiger partial charge in [-0.05, 0) is 24.1 Å². The van der Waals surface area contributed by atoms with E-state index in [9.17, 15) is 0 Å². The molecule has 1 aromatic rings. The first kappa shape index (κ1) is 10.5. The average Bonchev–Trinajstić information content (AvgIpc) is 2.17. The quantitative estimate of drug-likeness (QED) is 0.588. The maximum atomic E-state index is 6.03. The number of alkyl halides is 1. The van der Waals surface area contributed by atoms with Crippen molar-refractivity contribution in [2.45, 2.75) is 11.8 Å². The summed E-state index contributed by atoms with van der Waals surface area (Å²) in [6, 6.07) is 3.88. The van der Waals surface area contributed by atoms with Crippen molar-refractivity contribution in [2.24, 2.45) is 0 Å². The largest absolute Gasteiger partial charge is 0.384 e. The molecule has 0 aliphatic carbocycles. The number of aromatic nitrogens is 1.